The Kier molecular flexibility index (Phi) is 4.05. The number of H-pyrrole nitrogens is 1. The summed E-state index contributed by atoms with van der Waals surface area (Å²) in [6, 6.07) is 6.12. The maximum Gasteiger partial charge on any atom is 0.223 e. The van der Waals surface area contributed by atoms with Crippen LogP contribution in [0.2, 0.25) is 0 Å². The van der Waals surface area contributed by atoms with Gasteiger partial charge < -0.3 is 5.32 Å². The molecule has 6 heteroatoms. The zero-order valence-corrected chi connectivity index (χ0v) is 13.4. The van der Waals surface area contributed by atoms with Crippen LogP contribution in [0.25, 0.3) is 0 Å². The maximum absolute atomic E-state index is 12.3. The van der Waals surface area contributed by atoms with Gasteiger partial charge in [-0.05, 0) is 37.0 Å². The molecule has 0 saturated carbocycles. The van der Waals surface area contributed by atoms with E-state index in [9.17, 15) is 4.79 Å². The highest BCUT2D eigenvalue weighted by Gasteiger charge is 2.26. The van der Waals surface area contributed by atoms with Gasteiger partial charge in [-0.25, -0.2) is 0 Å². The first-order chi connectivity index (χ1) is 10.1. The van der Waals surface area contributed by atoms with Gasteiger partial charge in [0.25, 0.3) is 0 Å². The lowest BCUT2D eigenvalue weighted by molar-refractivity contribution is -0.125. The Bertz CT molecular complexity index is 667. The van der Waals surface area contributed by atoms with Crippen molar-refractivity contribution in [3.8, 4) is 0 Å². The van der Waals surface area contributed by atoms with Gasteiger partial charge in [0.2, 0.25) is 5.91 Å². The predicted molar refractivity (Wildman–Crippen MR) is 82.6 cm³/mol. The first-order valence-corrected chi connectivity index (χ1v) is 7.84. The molecule has 1 aromatic carbocycles. The molecule has 1 aromatic heterocycles. The average molecular weight is 349 g/mol. The molecule has 1 aliphatic rings. The van der Waals surface area contributed by atoms with Crippen molar-refractivity contribution in [2.45, 2.75) is 32.7 Å². The molecule has 0 aliphatic heterocycles. The molecule has 1 aliphatic carbocycles. The van der Waals surface area contributed by atoms with Crippen molar-refractivity contribution in [3.63, 3.8) is 0 Å². The van der Waals surface area contributed by atoms with Gasteiger partial charge in [-0.2, -0.15) is 15.4 Å². The van der Waals surface area contributed by atoms with Crippen LogP contribution in [0, 0.1) is 12.8 Å². The molecule has 0 radical (unpaired) electrons. The molecule has 1 atom stereocenters. The second kappa shape index (κ2) is 5.97. The lowest BCUT2D eigenvalue weighted by Crippen LogP contribution is -2.33. The monoisotopic (exact) mass is 348 g/mol. The fourth-order valence-electron chi connectivity index (χ4n) is 2.66. The van der Waals surface area contributed by atoms with Crippen LogP contribution in [-0.4, -0.2) is 21.3 Å². The largest absolute Gasteiger partial charge is 0.352 e. The van der Waals surface area contributed by atoms with E-state index in [1.165, 1.54) is 5.56 Å². The quantitative estimate of drug-likeness (QED) is 0.893. The number of fused-ring (bicyclic) bond motifs is 1. The highest BCUT2D eigenvalue weighted by atomic mass is 79.9. The summed E-state index contributed by atoms with van der Waals surface area (Å²) in [4.78, 5) is 12.3. The van der Waals surface area contributed by atoms with E-state index in [0.29, 0.717) is 13.0 Å². The lowest BCUT2D eigenvalue weighted by atomic mass is 9.89. The van der Waals surface area contributed by atoms with E-state index in [1.54, 1.807) is 0 Å². The third kappa shape index (κ3) is 3.15. The number of aromatic nitrogens is 3. The van der Waals surface area contributed by atoms with Crippen molar-refractivity contribution in [2.24, 2.45) is 5.92 Å². The number of halogens is 1. The molecule has 1 amide bonds. The molecule has 0 bridgehead atoms. The minimum Gasteiger partial charge on any atom is -0.352 e. The number of nitrogens with one attached hydrogen (secondary N) is 2. The summed E-state index contributed by atoms with van der Waals surface area (Å²) in [6.45, 7) is 2.61. The van der Waals surface area contributed by atoms with Crippen molar-refractivity contribution >= 4 is 21.8 Å². The van der Waals surface area contributed by atoms with Crippen molar-refractivity contribution in [2.75, 3.05) is 0 Å². The van der Waals surface area contributed by atoms with Crippen LogP contribution in [0.4, 0.5) is 0 Å². The normalized spacial score (nSPS) is 17.3. The second-order valence-electron chi connectivity index (χ2n) is 5.46. The van der Waals surface area contributed by atoms with E-state index in [1.807, 2.05) is 19.1 Å². The number of carbonyl (C=O) groups is 1. The van der Waals surface area contributed by atoms with Crippen LogP contribution < -0.4 is 5.32 Å². The van der Waals surface area contributed by atoms with Crippen molar-refractivity contribution in [1.82, 2.24) is 20.7 Å². The van der Waals surface area contributed by atoms with E-state index in [0.717, 1.165) is 34.3 Å². The predicted octanol–water partition coefficient (Wildman–Crippen LogP) is 2.30. The summed E-state index contributed by atoms with van der Waals surface area (Å²) in [6.07, 6.45) is 2.34. The summed E-state index contributed by atoms with van der Waals surface area (Å²) < 4.78 is 1.09. The van der Waals surface area contributed by atoms with Crippen LogP contribution in [-0.2, 0) is 24.2 Å². The Morgan fingerprint density at radius 1 is 1.43 bits per heavy atom. The molecule has 0 saturated heterocycles. The average Bonchev–Trinajstić information content (AvgIpc) is 2.95. The first kappa shape index (κ1) is 14.3. The smallest absolute Gasteiger partial charge is 0.223 e. The number of rotatable bonds is 3. The molecular weight excluding hydrogens is 332 g/mol. The van der Waals surface area contributed by atoms with E-state index in [-0.39, 0.29) is 11.8 Å². The van der Waals surface area contributed by atoms with Gasteiger partial charge in [0, 0.05) is 23.4 Å². The second-order valence-corrected chi connectivity index (χ2v) is 6.31. The van der Waals surface area contributed by atoms with E-state index >= 15 is 0 Å². The van der Waals surface area contributed by atoms with Gasteiger partial charge >= 0.3 is 0 Å². The Morgan fingerprint density at radius 3 is 3.05 bits per heavy atom. The maximum atomic E-state index is 12.3. The Morgan fingerprint density at radius 2 is 2.24 bits per heavy atom. The highest BCUT2D eigenvalue weighted by Crippen LogP contribution is 2.22. The third-order valence-corrected chi connectivity index (χ3v) is 4.82. The lowest BCUT2D eigenvalue weighted by Gasteiger charge is -2.19. The molecule has 2 aromatic rings. The Balaban J connectivity index is 1.58. The van der Waals surface area contributed by atoms with Gasteiger partial charge in [-0.3, -0.25) is 4.79 Å². The fraction of sp³-hybridized carbons (Fsp3) is 0.400. The third-order valence-electron chi connectivity index (χ3n) is 3.93. The number of amides is 1. The zero-order valence-electron chi connectivity index (χ0n) is 11.8. The minimum atomic E-state index is -0.000791. The SMILES string of the molecule is Cc1cc(CNC(=O)C2CCc3n[nH]nc3C2)ccc1Br. The highest BCUT2D eigenvalue weighted by molar-refractivity contribution is 9.10. The van der Waals surface area contributed by atoms with Crippen LogP contribution in [0.3, 0.4) is 0 Å². The standard InChI is InChI=1S/C15H17BrN4O/c1-9-6-10(2-4-12(9)16)8-17-15(21)11-3-5-13-14(7-11)19-20-18-13/h2,4,6,11H,3,5,7-8H2,1H3,(H,17,21)(H,18,19,20). The number of hydrogen-bond donors (Lipinski definition) is 2. The van der Waals surface area contributed by atoms with Crippen molar-refractivity contribution < 1.29 is 4.79 Å². The molecule has 1 heterocycles. The minimum absolute atomic E-state index is 0.000791. The summed E-state index contributed by atoms with van der Waals surface area (Å²) in [5, 5.41) is 13.9. The summed E-state index contributed by atoms with van der Waals surface area (Å²) in [5.74, 6) is 0.100. The van der Waals surface area contributed by atoms with Crippen LogP contribution in [0.1, 0.15) is 28.9 Å². The number of aromatic amines is 1. The zero-order chi connectivity index (χ0) is 14.8. The van der Waals surface area contributed by atoms with E-state index in [2.05, 4.69) is 42.7 Å². The molecule has 3 rings (SSSR count). The summed E-state index contributed by atoms with van der Waals surface area (Å²) >= 11 is 3.48. The number of carbonyl (C=O) groups excluding carboxylic acids is 1. The van der Waals surface area contributed by atoms with Gasteiger partial charge in [0.1, 0.15) is 0 Å². The molecular formula is C15H17BrN4O. The summed E-state index contributed by atoms with van der Waals surface area (Å²) in [7, 11) is 0. The van der Waals surface area contributed by atoms with Gasteiger partial charge in [-0.15, -0.1) is 0 Å². The van der Waals surface area contributed by atoms with Gasteiger partial charge in [0.15, 0.2) is 0 Å². The van der Waals surface area contributed by atoms with E-state index < -0.39 is 0 Å². The molecule has 21 heavy (non-hydrogen) atoms. The van der Waals surface area contributed by atoms with Crippen molar-refractivity contribution in [1.29, 1.82) is 0 Å². The number of benzene rings is 1. The Hall–Kier alpha value is -1.69. The number of hydrogen-bond acceptors (Lipinski definition) is 3. The van der Waals surface area contributed by atoms with Crippen LogP contribution in [0.15, 0.2) is 22.7 Å². The molecule has 0 fully saturated rings. The number of aryl methyl sites for hydroxylation is 2. The van der Waals surface area contributed by atoms with E-state index in [4.69, 9.17) is 0 Å². The topological polar surface area (TPSA) is 70.7 Å². The van der Waals surface area contributed by atoms with Crippen LogP contribution in [0.5, 0.6) is 0 Å². The summed E-state index contributed by atoms with van der Waals surface area (Å²) in [5.41, 5.74) is 4.22. The first-order valence-electron chi connectivity index (χ1n) is 7.04. The Labute approximate surface area is 131 Å². The molecule has 110 valence electrons. The molecule has 2 N–H and O–H groups in total. The molecule has 1 unspecified atom stereocenters. The van der Waals surface area contributed by atoms with Gasteiger partial charge in [0.05, 0.1) is 11.4 Å². The van der Waals surface area contributed by atoms with Gasteiger partial charge in [-0.1, -0.05) is 28.1 Å². The number of nitrogens with zero attached hydrogens (tertiary/aromatic N) is 2. The molecule has 0 spiro atoms. The van der Waals surface area contributed by atoms with Crippen LogP contribution >= 0.6 is 15.9 Å². The molecule has 5 nitrogen and oxygen atoms in total. The van der Waals surface area contributed by atoms with Crippen molar-refractivity contribution in [3.05, 3.63) is 45.2 Å². The fourth-order valence-corrected chi connectivity index (χ4v) is 2.91.